The molecule has 2 aromatic carbocycles. The number of hydrogen-bond donors (Lipinski definition) is 0. The molecule has 0 N–H and O–H groups in total. The van der Waals surface area contributed by atoms with Crippen LogP contribution in [0, 0.1) is 13.8 Å². The molecular formula is C26H30N4OS. The van der Waals surface area contributed by atoms with Crippen molar-refractivity contribution in [1.82, 2.24) is 14.9 Å². The summed E-state index contributed by atoms with van der Waals surface area (Å²) in [6.07, 6.45) is 2.21. The number of thioether (sulfide) groups is 1. The standard InChI is InChI=1S/C26H30N4OS/c1-19-20(2)27-26(28-24(19)29(3)17-21-10-5-4-6-11-21)32-18-22-12-9-13-23(16-22)25(31)30-14-7-8-15-30/h4-6,9-13,16H,7-8,14-15,17-18H2,1-3H3. The number of hydrogen-bond acceptors (Lipinski definition) is 5. The van der Waals surface area contributed by atoms with E-state index in [-0.39, 0.29) is 5.91 Å². The third-order valence-electron chi connectivity index (χ3n) is 5.90. The molecule has 0 radical (unpaired) electrons. The van der Waals surface area contributed by atoms with Crippen LogP contribution in [0.3, 0.4) is 0 Å². The fourth-order valence-electron chi connectivity index (χ4n) is 4.00. The first-order chi connectivity index (χ1) is 15.5. The first-order valence-corrected chi connectivity index (χ1v) is 12.1. The number of carbonyl (C=O) groups excluding carboxylic acids is 1. The molecule has 1 amide bonds. The van der Waals surface area contributed by atoms with Gasteiger partial charge in [0.2, 0.25) is 0 Å². The Morgan fingerprint density at radius 3 is 2.47 bits per heavy atom. The second-order valence-electron chi connectivity index (χ2n) is 8.37. The minimum absolute atomic E-state index is 0.140. The van der Waals surface area contributed by atoms with Gasteiger partial charge in [0, 0.05) is 49.3 Å². The van der Waals surface area contributed by atoms with Crippen LogP contribution in [0.5, 0.6) is 0 Å². The Morgan fingerprint density at radius 2 is 1.72 bits per heavy atom. The van der Waals surface area contributed by atoms with Gasteiger partial charge in [0.05, 0.1) is 0 Å². The molecule has 0 aliphatic carbocycles. The van der Waals surface area contributed by atoms with E-state index in [0.29, 0.717) is 0 Å². The summed E-state index contributed by atoms with van der Waals surface area (Å²) < 4.78 is 0. The molecule has 1 fully saturated rings. The molecule has 1 aliphatic rings. The molecule has 2 heterocycles. The summed E-state index contributed by atoms with van der Waals surface area (Å²) >= 11 is 1.61. The Bertz CT molecular complexity index is 1080. The van der Waals surface area contributed by atoms with E-state index in [0.717, 1.165) is 71.6 Å². The lowest BCUT2D eigenvalue weighted by molar-refractivity contribution is 0.0792. The number of amides is 1. The molecule has 0 unspecified atom stereocenters. The molecule has 1 saturated heterocycles. The normalized spacial score (nSPS) is 13.4. The van der Waals surface area contributed by atoms with E-state index in [1.54, 1.807) is 11.8 Å². The molecule has 0 bridgehead atoms. The van der Waals surface area contributed by atoms with Gasteiger partial charge in [-0.15, -0.1) is 0 Å². The summed E-state index contributed by atoms with van der Waals surface area (Å²) in [5, 5.41) is 0.763. The van der Waals surface area contributed by atoms with Gasteiger partial charge < -0.3 is 9.80 Å². The zero-order chi connectivity index (χ0) is 22.5. The second kappa shape index (κ2) is 10.2. The summed E-state index contributed by atoms with van der Waals surface area (Å²) in [7, 11) is 2.07. The number of carbonyl (C=O) groups is 1. The lowest BCUT2D eigenvalue weighted by Gasteiger charge is -2.21. The Balaban J connectivity index is 1.46. The van der Waals surface area contributed by atoms with E-state index in [1.807, 2.05) is 36.1 Å². The smallest absolute Gasteiger partial charge is 0.253 e. The molecule has 1 aliphatic heterocycles. The van der Waals surface area contributed by atoms with Crippen LogP contribution >= 0.6 is 11.8 Å². The topological polar surface area (TPSA) is 49.3 Å². The van der Waals surface area contributed by atoms with Gasteiger partial charge in [0.1, 0.15) is 5.82 Å². The number of likely N-dealkylation sites (tertiary alicyclic amines) is 1. The van der Waals surface area contributed by atoms with Gasteiger partial charge in [0.25, 0.3) is 5.91 Å². The Hall–Kier alpha value is -2.86. The van der Waals surface area contributed by atoms with Crippen LogP contribution in [-0.4, -0.2) is 40.9 Å². The van der Waals surface area contributed by atoms with Crippen molar-refractivity contribution in [3.8, 4) is 0 Å². The lowest BCUT2D eigenvalue weighted by Crippen LogP contribution is -2.27. The van der Waals surface area contributed by atoms with Crippen LogP contribution in [-0.2, 0) is 12.3 Å². The lowest BCUT2D eigenvalue weighted by atomic mass is 10.1. The van der Waals surface area contributed by atoms with E-state index >= 15 is 0 Å². The number of rotatable bonds is 7. The van der Waals surface area contributed by atoms with Crippen molar-refractivity contribution in [2.24, 2.45) is 0 Å². The molecule has 4 rings (SSSR count). The quantitative estimate of drug-likeness (QED) is 0.366. The Labute approximate surface area is 194 Å². The summed E-state index contributed by atoms with van der Waals surface area (Å²) in [4.78, 5) is 26.4. The summed E-state index contributed by atoms with van der Waals surface area (Å²) in [5.41, 5.74) is 5.23. The van der Waals surface area contributed by atoms with Crippen LogP contribution in [0.1, 0.15) is 45.6 Å². The molecule has 0 saturated carbocycles. The summed E-state index contributed by atoms with van der Waals surface area (Å²) in [6, 6.07) is 18.4. The number of aromatic nitrogens is 2. The van der Waals surface area contributed by atoms with Gasteiger partial charge in [-0.3, -0.25) is 4.79 Å². The molecule has 1 aromatic heterocycles. The van der Waals surface area contributed by atoms with Gasteiger partial charge in [-0.25, -0.2) is 9.97 Å². The third-order valence-corrected chi connectivity index (χ3v) is 6.82. The molecular weight excluding hydrogens is 416 g/mol. The predicted molar refractivity (Wildman–Crippen MR) is 131 cm³/mol. The van der Waals surface area contributed by atoms with Crippen LogP contribution in [0.4, 0.5) is 5.82 Å². The number of aryl methyl sites for hydroxylation is 1. The fourth-order valence-corrected chi connectivity index (χ4v) is 4.83. The molecule has 0 atom stereocenters. The van der Waals surface area contributed by atoms with Gasteiger partial charge in [-0.1, -0.05) is 54.2 Å². The Kier molecular flexibility index (Phi) is 7.10. The fraction of sp³-hybridized carbons (Fsp3) is 0.346. The second-order valence-corrected chi connectivity index (χ2v) is 9.31. The van der Waals surface area contributed by atoms with Crippen molar-refractivity contribution >= 4 is 23.5 Å². The van der Waals surface area contributed by atoms with Crippen LogP contribution in [0.2, 0.25) is 0 Å². The molecule has 5 nitrogen and oxygen atoms in total. The van der Waals surface area contributed by atoms with Gasteiger partial charge in [-0.2, -0.15) is 0 Å². The minimum atomic E-state index is 0.140. The maximum absolute atomic E-state index is 12.7. The maximum Gasteiger partial charge on any atom is 0.253 e. The van der Waals surface area contributed by atoms with E-state index in [1.165, 1.54) is 5.56 Å². The van der Waals surface area contributed by atoms with Gasteiger partial charge >= 0.3 is 0 Å². The monoisotopic (exact) mass is 446 g/mol. The highest BCUT2D eigenvalue weighted by Gasteiger charge is 2.19. The summed E-state index contributed by atoms with van der Waals surface area (Å²) in [6.45, 7) is 6.65. The van der Waals surface area contributed by atoms with E-state index in [9.17, 15) is 4.79 Å². The molecule has 0 spiro atoms. The highest BCUT2D eigenvalue weighted by molar-refractivity contribution is 7.98. The van der Waals surface area contributed by atoms with E-state index < -0.39 is 0 Å². The van der Waals surface area contributed by atoms with Crippen molar-refractivity contribution in [3.63, 3.8) is 0 Å². The van der Waals surface area contributed by atoms with Gasteiger partial charge in [-0.05, 0) is 49.9 Å². The SMILES string of the molecule is Cc1nc(SCc2cccc(C(=O)N3CCCC3)c2)nc(N(C)Cc2ccccc2)c1C. The van der Waals surface area contributed by atoms with Crippen molar-refractivity contribution in [3.05, 3.63) is 82.5 Å². The average Bonchev–Trinajstić information content (AvgIpc) is 3.35. The highest BCUT2D eigenvalue weighted by atomic mass is 32.2. The predicted octanol–water partition coefficient (Wildman–Crippen LogP) is 5.26. The van der Waals surface area contributed by atoms with Crippen molar-refractivity contribution in [2.45, 2.75) is 44.1 Å². The molecule has 166 valence electrons. The number of anilines is 1. The van der Waals surface area contributed by atoms with Crippen LogP contribution in [0.25, 0.3) is 0 Å². The van der Waals surface area contributed by atoms with Crippen molar-refractivity contribution in [2.75, 3.05) is 25.0 Å². The van der Waals surface area contributed by atoms with Crippen LogP contribution < -0.4 is 4.90 Å². The minimum Gasteiger partial charge on any atom is -0.355 e. The maximum atomic E-state index is 12.7. The van der Waals surface area contributed by atoms with E-state index in [2.05, 4.69) is 49.2 Å². The summed E-state index contributed by atoms with van der Waals surface area (Å²) in [5.74, 6) is 1.83. The largest absolute Gasteiger partial charge is 0.355 e. The zero-order valence-corrected chi connectivity index (χ0v) is 19.9. The van der Waals surface area contributed by atoms with Crippen molar-refractivity contribution < 1.29 is 4.79 Å². The Morgan fingerprint density at radius 1 is 1.00 bits per heavy atom. The van der Waals surface area contributed by atoms with Gasteiger partial charge in [0.15, 0.2) is 5.16 Å². The zero-order valence-electron chi connectivity index (χ0n) is 19.0. The number of benzene rings is 2. The first kappa shape index (κ1) is 22.3. The van der Waals surface area contributed by atoms with Crippen molar-refractivity contribution in [1.29, 1.82) is 0 Å². The third kappa shape index (κ3) is 5.30. The number of nitrogens with zero attached hydrogens (tertiary/aromatic N) is 4. The molecule has 3 aromatic rings. The average molecular weight is 447 g/mol. The molecule has 6 heteroatoms. The van der Waals surface area contributed by atoms with E-state index in [4.69, 9.17) is 9.97 Å². The first-order valence-electron chi connectivity index (χ1n) is 11.1. The van der Waals surface area contributed by atoms with Crippen LogP contribution in [0.15, 0.2) is 59.8 Å². The molecule has 32 heavy (non-hydrogen) atoms. The highest BCUT2D eigenvalue weighted by Crippen LogP contribution is 2.27.